The molecule has 26 heavy (non-hydrogen) atoms. The maximum atomic E-state index is 12.4. The van der Waals surface area contributed by atoms with Crippen LogP contribution < -0.4 is 5.32 Å². The third kappa shape index (κ3) is 4.76. The van der Waals surface area contributed by atoms with E-state index in [1.54, 1.807) is 24.3 Å². The molecule has 1 fully saturated rings. The van der Waals surface area contributed by atoms with E-state index in [0.29, 0.717) is 22.9 Å². The van der Waals surface area contributed by atoms with Gasteiger partial charge in [-0.1, -0.05) is 41.1 Å². The van der Waals surface area contributed by atoms with E-state index in [-0.39, 0.29) is 17.6 Å². The van der Waals surface area contributed by atoms with Crippen molar-refractivity contribution in [2.45, 2.75) is 37.3 Å². The summed E-state index contributed by atoms with van der Waals surface area (Å²) >= 11 is 12.0. The molecular weight excluding hydrogens is 371 g/mol. The van der Waals surface area contributed by atoms with Crippen LogP contribution >= 0.6 is 23.2 Å². The minimum absolute atomic E-state index is 0.187. The Morgan fingerprint density at radius 3 is 2.92 bits per heavy atom. The van der Waals surface area contributed by atoms with Crippen molar-refractivity contribution in [1.82, 2.24) is 10.3 Å². The first-order valence-electron chi connectivity index (χ1n) is 8.38. The smallest absolute Gasteiger partial charge is 0.271 e. The SMILES string of the molecule is O=C(N[C@@H]1CCC[C@@](O)(C#Cc2cccc(Cl)c2)C1)c1ncccc1Cl. The summed E-state index contributed by atoms with van der Waals surface area (Å²) in [5.41, 5.74) is -0.211. The molecule has 3 rings (SSSR count). The molecule has 2 atom stereocenters. The molecule has 134 valence electrons. The zero-order chi connectivity index (χ0) is 18.6. The number of aliphatic hydroxyl groups is 1. The van der Waals surface area contributed by atoms with E-state index in [1.165, 1.54) is 6.20 Å². The fraction of sp³-hybridized carbons (Fsp3) is 0.300. The van der Waals surface area contributed by atoms with Gasteiger partial charge < -0.3 is 10.4 Å². The number of halogens is 2. The van der Waals surface area contributed by atoms with Crippen LogP contribution in [0.3, 0.4) is 0 Å². The maximum Gasteiger partial charge on any atom is 0.271 e. The number of nitrogens with one attached hydrogen (secondary N) is 1. The van der Waals surface area contributed by atoms with Gasteiger partial charge in [0, 0.05) is 29.2 Å². The van der Waals surface area contributed by atoms with Gasteiger partial charge in [-0.25, -0.2) is 4.98 Å². The van der Waals surface area contributed by atoms with Gasteiger partial charge in [0.1, 0.15) is 11.3 Å². The van der Waals surface area contributed by atoms with Crippen LogP contribution in [0.15, 0.2) is 42.6 Å². The van der Waals surface area contributed by atoms with Crippen LogP contribution in [0.2, 0.25) is 10.0 Å². The summed E-state index contributed by atoms with van der Waals surface area (Å²) in [7, 11) is 0. The number of aromatic nitrogens is 1. The molecule has 1 saturated carbocycles. The number of carbonyl (C=O) groups is 1. The zero-order valence-corrected chi connectivity index (χ0v) is 15.5. The van der Waals surface area contributed by atoms with Crippen LogP contribution in [0.5, 0.6) is 0 Å². The van der Waals surface area contributed by atoms with Gasteiger partial charge in [0.05, 0.1) is 5.02 Å². The molecule has 1 amide bonds. The summed E-state index contributed by atoms with van der Waals surface area (Å²) in [4.78, 5) is 16.4. The highest BCUT2D eigenvalue weighted by atomic mass is 35.5. The normalized spacial score (nSPS) is 22.2. The molecule has 0 radical (unpaired) electrons. The molecule has 4 nitrogen and oxygen atoms in total. The lowest BCUT2D eigenvalue weighted by Gasteiger charge is -2.33. The van der Waals surface area contributed by atoms with Gasteiger partial charge in [-0.2, -0.15) is 0 Å². The van der Waals surface area contributed by atoms with Crippen LogP contribution in [0, 0.1) is 11.8 Å². The molecule has 6 heteroatoms. The topological polar surface area (TPSA) is 62.2 Å². The van der Waals surface area contributed by atoms with Crippen molar-refractivity contribution < 1.29 is 9.90 Å². The van der Waals surface area contributed by atoms with Crippen molar-refractivity contribution in [3.63, 3.8) is 0 Å². The average molecular weight is 389 g/mol. The first-order valence-corrected chi connectivity index (χ1v) is 9.13. The van der Waals surface area contributed by atoms with Crippen molar-refractivity contribution >= 4 is 29.1 Å². The van der Waals surface area contributed by atoms with Crippen LogP contribution in [-0.4, -0.2) is 27.6 Å². The molecule has 0 spiro atoms. The Balaban J connectivity index is 1.69. The third-order valence-electron chi connectivity index (χ3n) is 4.30. The standard InChI is InChI=1S/C20H18Cl2N2O2/c21-15-5-1-4-14(12-15)8-10-20(26)9-2-6-16(13-20)24-19(25)18-17(22)7-3-11-23-18/h1,3-5,7,11-12,16,26H,2,6,9,13H2,(H,24,25)/t16-,20-/m1/s1. The molecule has 1 aliphatic rings. The summed E-state index contributed by atoms with van der Waals surface area (Å²) in [5.74, 6) is 5.59. The summed E-state index contributed by atoms with van der Waals surface area (Å²) in [5, 5.41) is 14.6. The first-order chi connectivity index (χ1) is 12.5. The van der Waals surface area contributed by atoms with E-state index in [1.807, 2.05) is 12.1 Å². The predicted molar refractivity (Wildman–Crippen MR) is 102 cm³/mol. The monoisotopic (exact) mass is 388 g/mol. The molecule has 2 N–H and O–H groups in total. The van der Waals surface area contributed by atoms with E-state index in [2.05, 4.69) is 22.1 Å². The highest BCUT2D eigenvalue weighted by Crippen LogP contribution is 2.28. The average Bonchev–Trinajstić information content (AvgIpc) is 2.61. The van der Waals surface area contributed by atoms with Crippen LogP contribution in [-0.2, 0) is 0 Å². The van der Waals surface area contributed by atoms with Crippen LogP contribution in [0.25, 0.3) is 0 Å². The molecule has 2 aromatic rings. The second-order valence-corrected chi connectivity index (χ2v) is 7.24. The highest BCUT2D eigenvalue weighted by molar-refractivity contribution is 6.33. The minimum atomic E-state index is -1.15. The van der Waals surface area contributed by atoms with Gasteiger partial charge in [-0.15, -0.1) is 0 Å². The largest absolute Gasteiger partial charge is 0.378 e. The zero-order valence-electron chi connectivity index (χ0n) is 14.0. The Morgan fingerprint density at radius 1 is 1.31 bits per heavy atom. The maximum absolute atomic E-state index is 12.4. The summed E-state index contributed by atoms with van der Waals surface area (Å²) in [6, 6.07) is 10.3. The molecule has 1 aromatic carbocycles. The first kappa shape index (κ1) is 18.7. The number of hydrogen-bond acceptors (Lipinski definition) is 3. The van der Waals surface area contributed by atoms with Gasteiger partial charge in [0.15, 0.2) is 0 Å². The van der Waals surface area contributed by atoms with Crippen molar-refractivity contribution in [1.29, 1.82) is 0 Å². The van der Waals surface area contributed by atoms with Gasteiger partial charge in [-0.3, -0.25) is 4.79 Å². The van der Waals surface area contributed by atoms with Crippen molar-refractivity contribution in [2.24, 2.45) is 0 Å². The molecule has 0 bridgehead atoms. The lowest BCUT2D eigenvalue weighted by Crippen LogP contribution is -2.45. The molecule has 1 aromatic heterocycles. The van der Waals surface area contributed by atoms with E-state index in [9.17, 15) is 9.90 Å². The predicted octanol–water partition coefficient (Wildman–Crippen LogP) is 3.84. The molecule has 0 unspecified atom stereocenters. The number of rotatable bonds is 2. The Labute approximate surface area is 162 Å². The number of amides is 1. The number of carbonyl (C=O) groups excluding carboxylic acids is 1. The van der Waals surface area contributed by atoms with Gasteiger partial charge in [0.2, 0.25) is 0 Å². The van der Waals surface area contributed by atoms with E-state index in [0.717, 1.165) is 18.4 Å². The fourth-order valence-electron chi connectivity index (χ4n) is 3.05. The summed E-state index contributed by atoms with van der Waals surface area (Å²) < 4.78 is 0. The van der Waals surface area contributed by atoms with E-state index in [4.69, 9.17) is 23.2 Å². The van der Waals surface area contributed by atoms with Crippen LogP contribution in [0.4, 0.5) is 0 Å². The Kier molecular flexibility index (Phi) is 5.83. The van der Waals surface area contributed by atoms with E-state index < -0.39 is 5.60 Å². The minimum Gasteiger partial charge on any atom is -0.378 e. The second kappa shape index (κ2) is 8.09. The van der Waals surface area contributed by atoms with Crippen molar-refractivity contribution in [2.75, 3.05) is 0 Å². The molecule has 0 aliphatic heterocycles. The molecule has 1 aliphatic carbocycles. The van der Waals surface area contributed by atoms with Crippen molar-refractivity contribution in [3.8, 4) is 11.8 Å². The number of nitrogens with zero attached hydrogens (tertiary/aromatic N) is 1. The highest BCUT2D eigenvalue weighted by Gasteiger charge is 2.34. The number of benzene rings is 1. The second-order valence-electron chi connectivity index (χ2n) is 6.39. The number of pyridine rings is 1. The lowest BCUT2D eigenvalue weighted by molar-refractivity contribution is 0.0451. The van der Waals surface area contributed by atoms with Gasteiger partial charge in [-0.05, 0) is 49.6 Å². The number of hydrogen-bond donors (Lipinski definition) is 2. The van der Waals surface area contributed by atoms with E-state index >= 15 is 0 Å². The van der Waals surface area contributed by atoms with Crippen LogP contribution in [0.1, 0.15) is 41.7 Å². The van der Waals surface area contributed by atoms with Gasteiger partial charge in [0.25, 0.3) is 5.91 Å². The Bertz CT molecular complexity index is 875. The Hall–Kier alpha value is -2.06. The molecule has 1 heterocycles. The third-order valence-corrected chi connectivity index (χ3v) is 4.84. The quantitative estimate of drug-likeness (QED) is 0.768. The summed E-state index contributed by atoms with van der Waals surface area (Å²) in [6.07, 6.45) is 3.99. The Morgan fingerprint density at radius 2 is 2.15 bits per heavy atom. The molecular formula is C20H18Cl2N2O2. The van der Waals surface area contributed by atoms with Gasteiger partial charge >= 0.3 is 0 Å². The molecule has 0 saturated heterocycles. The fourth-order valence-corrected chi connectivity index (χ4v) is 3.45. The lowest BCUT2D eigenvalue weighted by atomic mass is 9.82. The summed E-state index contributed by atoms with van der Waals surface area (Å²) in [6.45, 7) is 0. The van der Waals surface area contributed by atoms with Crippen molar-refractivity contribution in [3.05, 3.63) is 63.9 Å².